The van der Waals surface area contributed by atoms with Crippen LogP contribution in [-0.2, 0) is 16.0 Å². The maximum atomic E-state index is 13.3. The van der Waals surface area contributed by atoms with Crippen molar-refractivity contribution >= 4 is 23.4 Å². The van der Waals surface area contributed by atoms with Crippen molar-refractivity contribution in [2.75, 3.05) is 0 Å². The van der Waals surface area contributed by atoms with Gasteiger partial charge in [0.1, 0.15) is 5.69 Å². The molecule has 1 unspecified atom stereocenters. The van der Waals surface area contributed by atoms with Gasteiger partial charge in [0.05, 0.1) is 30.5 Å². The average Bonchev–Trinajstić information content (AvgIpc) is 3.14. The summed E-state index contributed by atoms with van der Waals surface area (Å²) in [5.74, 6) is -4.40. The molecule has 3 aromatic rings. The molecule has 5 N–H and O–H groups in total. The van der Waals surface area contributed by atoms with Crippen LogP contribution < -0.4 is 10.6 Å². The molecular formula is C26H25FN4O6. The Kier molecular flexibility index (Phi) is 7.32. The molecule has 1 aromatic carbocycles. The molecule has 0 bridgehead atoms. The van der Waals surface area contributed by atoms with Crippen molar-refractivity contribution in [1.29, 1.82) is 0 Å². The normalized spacial score (nSPS) is 17.5. The van der Waals surface area contributed by atoms with Gasteiger partial charge in [0, 0.05) is 5.56 Å². The maximum Gasteiger partial charge on any atom is 0.228 e. The van der Waals surface area contributed by atoms with Crippen LogP contribution in [0, 0.1) is 11.9 Å². The van der Waals surface area contributed by atoms with Crippen LogP contribution in [0.15, 0.2) is 48.5 Å². The molecule has 192 valence electrons. The molecule has 2 amide bonds. The number of ketones is 2. The monoisotopic (exact) mass is 508 g/mol. The smallest absolute Gasteiger partial charge is 0.228 e. The van der Waals surface area contributed by atoms with E-state index in [-0.39, 0.29) is 35.9 Å². The fourth-order valence-electron chi connectivity index (χ4n) is 4.44. The summed E-state index contributed by atoms with van der Waals surface area (Å²) in [6.45, 7) is 1.73. The number of H-pyrrole nitrogens is 1. The number of Topliss-reactive ketones (excluding diaryl/α,β-unsaturated/α-hetero) is 2. The van der Waals surface area contributed by atoms with Gasteiger partial charge in [0.15, 0.2) is 17.4 Å². The van der Waals surface area contributed by atoms with Crippen LogP contribution >= 0.6 is 0 Å². The van der Waals surface area contributed by atoms with E-state index < -0.39 is 53.7 Å². The Balaban J connectivity index is 1.46. The lowest BCUT2D eigenvalue weighted by molar-refractivity contribution is -0.123. The van der Waals surface area contributed by atoms with Crippen LogP contribution in [0.1, 0.15) is 57.8 Å². The van der Waals surface area contributed by atoms with Gasteiger partial charge in [-0.05, 0) is 30.0 Å². The highest BCUT2D eigenvalue weighted by molar-refractivity contribution is 6.07. The van der Waals surface area contributed by atoms with E-state index in [0.717, 1.165) is 6.07 Å². The van der Waals surface area contributed by atoms with Crippen molar-refractivity contribution in [1.82, 2.24) is 20.6 Å². The van der Waals surface area contributed by atoms with E-state index in [0.29, 0.717) is 11.1 Å². The third-order valence-corrected chi connectivity index (χ3v) is 6.25. The number of hydrogen-bond donors (Lipinski definition) is 5. The van der Waals surface area contributed by atoms with Gasteiger partial charge in [-0.3, -0.25) is 24.2 Å². The number of rotatable bonds is 8. The number of carbonyl (C=O) groups is 4. The SMILES string of the molecule is CC1Cc2c(O)[nH]c(O)c2C(=O)[C@H]1NC(=O)C[C@H](NC(=O)CC(=O)c1cccc(F)n1)c1ccccc1. The Bertz CT molecular complexity index is 1360. The first kappa shape index (κ1) is 25.5. The molecule has 0 spiro atoms. The molecule has 11 heteroatoms. The van der Waals surface area contributed by atoms with Gasteiger partial charge in [-0.15, -0.1) is 0 Å². The number of fused-ring (bicyclic) bond motifs is 1. The zero-order valence-corrected chi connectivity index (χ0v) is 19.8. The second-order valence-corrected chi connectivity index (χ2v) is 8.95. The standard InChI is InChI=1S/C26H25FN4O6/c1-13-10-15-22(26(37)31-25(15)36)24(35)23(13)30-20(33)11-17(14-6-3-2-4-7-14)29-21(34)12-18(32)16-8-5-9-19(27)28-16/h2-9,13,17,23,31,36-37H,10-12H2,1H3,(H,29,34)(H,30,33)/t13?,17-,23-/m0/s1. The van der Waals surface area contributed by atoms with E-state index in [9.17, 15) is 33.8 Å². The van der Waals surface area contributed by atoms with Gasteiger partial charge < -0.3 is 20.8 Å². The molecule has 2 heterocycles. The highest BCUT2D eigenvalue weighted by Gasteiger charge is 2.39. The van der Waals surface area contributed by atoms with Crippen LogP contribution in [0.2, 0.25) is 0 Å². The Hall–Kier alpha value is -4.54. The second-order valence-electron chi connectivity index (χ2n) is 8.95. The van der Waals surface area contributed by atoms with Crippen molar-refractivity contribution in [3.8, 4) is 11.8 Å². The minimum atomic E-state index is -0.950. The number of nitrogens with zero attached hydrogens (tertiary/aromatic N) is 1. The van der Waals surface area contributed by atoms with E-state index in [2.05, 4.69) is 20.6 Å². The Morgan fingerprint density at radius 2 is 1.81 bits per heavy atom. The number of pyridine rings is 1. The molecule has 1 aliphatic carbocycles. The first-order valence-corrected chi connectivity index (χ1v) is 11.6. The summed E-state index contributed by atoms with van der Waals surface area (Å²) < 4.78 is 13.3. The molecule has 1 aliphatic rings. The largest absolute Gasteiger partial charge is 0.494 e. The number of aromatic hydroxyl groups is 2. The molecule has 0 aliphatic heterocycles. The highest BCUT2D eigenvalue weighted by Crippen LogP contribution is 2.37. The van der Waals surface area contributed by atoms with E-state index in [1.165, 1.54) is 12.1 Å². The number of amides is 2. The number of hydrogen-bond acceptors (Lipinski definition) is 7. The molecule has 0 radical (unpaired) electrons. The Labute approximate surface area is 210 Å². The van der Waals surface area contributed by atoms with Crippen molar-refractivity contribution in [2.45, 2.75) is 38.3 Å². The number of halogens is 1. The van der Waals surface area contributed by atoms with Crippen LogP contribution in [0.5, 0.6) is 11.8 Å². The molecule has 4 rings (SSSR count). The number of carbonyl (C=O) groups excluding carboxylic acids is 4. The van der Waals surface area contributed by atoms with Crippen LogP contribution in [0.25, 0.3) is 0 Å². The summed E-state index contributed by atoms with van der Waals surface area (Å²) in [7, 11) is 0. The van der Waals surface area contributed by atoms with Crippen LogP contribution in [0.3, 0.4) is 0 Å². The topological polar surface area (TPSA) is 161 Å². The van der Waals surface area contributed by atoms with Crippen molar-refractivity contribution in [3.05, 3.63) is 76.9 Å². The highest BCUT2D eigenvalue weighted by atomic mass is 19.1. The van der Waals surface area contributed by atoms with Gasteiger partial charge >= 0.3 is 0 Å². The van der Waals surface area contributed by atoms with Crippen LogP contribution in [0.4, 0.5) is 4.39 Å². The molecule has 3 atom stereocenters. The van der Waals surface area contributed by atoms with Gasteiger partial charge in [0.25, 0.3) is 0 Å². The summed E-state index contributed by atoms with van der Waals surface area (Å²) in [6, 6.07) is 10.6. The lowest BCUT2D eigenvalue weighted by atomic mass is 9.81. The fraction of sp³-hybridized carbons (Fsp3) is 0.269. The molecule has 37 heavy (non-hydrogen) atoms. The van der Waals surface area contributed by atoms with E-state index >= 15 is 0 Å². The second kappa shape index (κ2) is 10.6. The van der Waals surface area contributed by atoms with Crippen molar-refractivity contribution < 1.29 is 33.8 Å². The molecule has 2 aromatic heterocycles. The van der Waals surface area contributed by atoms with Crippen molar-refractivity contribution in [3.63, 3.8) is 0 Å². The number of benzene rings is 1. The first-order chi connectivity index (χ1) is 17.6. The zero-order chi connectivity index (χ0) is 26.7. The maximum absolute atomic E-state index is 13.3. The lowest BCUT2D eigenvalue weighted by Gasteiger charge is -2.29. The number of aromatic nitrogens is 2. The summed E-state index contributed by atoms with van der Waals surface area (Å²) in [6.07, 6.45) is -0.585. The third-order valence-electron chi connectivity index (χ3n) is 6.25. The first-order valence-electron chi connectivity index (χ1n) is 11.6. The Morgan fingerprint density at radius 1 is 1.08 bits per heavy atom. The van der Waals surface area contributed by atoms with Crippen LogP contribution in [-0.4, -0.2) is 49.6 Å². The summed E-state index contributed by atoms with van der Waals surface area (Å²) in [4.78, 5) is 56.8. The lowest BCUT2D eigenvalue weighted by Crippen LogP contribution is -2.49. The quantitative estimate of drug-likeness (QED) is 0.177. The Morgan fingerprint density at radius 3 is 2.51 bits per heavy atom. The summed E-state index contributed by atoms with van der Waals surface area (Å²) >= 11 is 0. The molecular weight excluding hydrogens is 483 g/mol. The van der Waals surface area contributed by atoms with Gasteiger partial charge in [0.2, 0.25) is 23.6 Å². The fourth-order valence-corrected chi connectivity index (χ4v) is 4.44. The molecule has 10 nitrogen and oxygen atoms in total. The van der Waals surface area contributed by atoms with E-state index in [1.807, 2.05) is 0 Å². The van der Waals surface area contributed by atoms with Gasteiger partial charge in [-0.25, -0.2) is 4.98 Å². The van der Waals surface area contributed by atoms with Gasteiger partial charge in [-0.1, -0.05) is 43.3 Å². The van der Waals surface area contributed by atoms with E-state index in [1.54, 1.807) is 37.3 Å². The van der Waals surface area contributed by atoms with Gasteiger partial charge in [-0.2, -0.15) is 4.39 Å². The van der Waals surface area contributed by atoms with E-state index in [4.69, 9.17) is 0 Å². The third kappa shape index (κ3) is 5.66. The van der Waals surface area contributed by atoms with Crippen molar-refractivity contribution in [2.24, 2.45) is 5.92 Å². The minimum Gasteiger partial charge on any atom is -0.494 e. The average molecular weight is 509 g/mol. The predicted octanol–water partition coefficient (Wildman–Crippen LogP) is 2.34. The summed E-state index contributed by atoms with van der Waals surface area (Å²) in [5.41, 5.74) is 0.652. The summed E-state index contributed by atoms with van der Waals surface area (Å²) in [5, 5.41) is 25.3. The molecule has 0 saturated heterocycles. The number of aromatic amines is 1. The molecule has 0 saturated carbocycles. The number of nitrogens with one attached hydrogen (secondary N) is 3. The molecule has 0 fully saturated rings. The predicted molar refractivity (Wildman–Crippen MR) is 128 cm³/mol. The zero-order valence-electron chi connectivity index (χ0n) is 19.8. The minimum absolute atomic E-state index is 0.0571.